The molecule has 1 heterocycles. The van der Waals surface area contributed by atoms with Gasteiger partial charge in [0.15, 0.2) is 11.5 Å². The lowest BCUT2D eigenvalue weighted by Crippen LogP contribution is -2.32. The Labute approximate surface area is 216 Å². The van der Waals surface area contributed by atoms with Gasteiger partial charge >= 0.3 is 0 Å². The number of ether oxygens (including phenoxy) is 2. The number of rotatable bonds is 14. The highest BCUT2D eigenvalue weighted by Crippen LogP contribution is 2.35. The summed E-state index contributed by atoms with van der Waals surface area (Å²) in [7, 11) is 0. The molecule has 2 aliphatic rings. The van der Waals surface area contributed by atoms with Crippen molar-refractivity contribution in [3.05, 3.63) is 51.5 Å². The van der Waals surface area contributed by atoms with Gasteiger partial charge in [0.25, 0.3) is 5.91 Å². The molecule has 190 valence electrons. The molecule has 0 bridgehead atoms. The van der Waals surface area contributed by atoms with Crippen LogP contribution < -0.4 is 25.4 Å². The minimum atomic E-state index is -0.401. The monoisotopic (exact) mass is 545 g/mol. The standard InChI is InChI=1S/C27H36BrN3O4/c1-18(30-8-12-34-24-6-5-22(28)16-25(24)35-17-19-3-4-19)13-20-14-21-7-10-31(9-2-11-32)26(21)23(15-20)27(29)33/h5-6,14-16,18-19,30,32H,2-4,7-13,17H2,1H3,(H2,29,33). The summed E-state index contributed by atoms with van der Waals surface area (Å²) in [6, 6.07) is 10.2. The summed E-state index contributed by atoms with van der Waals surface area (Å²) in [5, 5.41) is 12.7. The molecule has 1 fully saturated rings. The van der Waals surface area contributed by atoms with Gasteiger partial charge in [-0.1, -0.05) is 22.0 Å². The van der Waals surface area contributed by atoms with E-state index in [4.69, 9.17) is 15.2 Å². The molecule has 1 aliphatic carbocycles. The molecule has 35 heavy (non-hydrogen) atoms. The summed E-state index contributed by atoms with van der Waals surface area (Å²) in [5.41, 5.74) is 9.53. The molecule has 0 aromatic heterocycles. The van der Waals surface area contributed by atoms with E-state index in [2.05, 4.69) is 39.1 Å². The van der Waals surface area contributed by atoms with Gasteiger partial charge in [0.1, 0.15) is 6.61 Å². The van der Waals surface area contributed by atoms with Gasteiger partial charge in [-0.25, -0.2) is 0 Å². The van der Waals surface area contributed by atoms with Gasteiger partial charge in [-0.05, 0) is 80.3 Å². The predicted octanol–water partition coefficient (Wildman–Crippen LogP) is 3.68. The molecule has 1 saturated carbocycles. The van der Waals surface area contributed by atoms with E-state index in [9.17, 15) is 9.90 Å². The smallest absolute Gasteiger partial charge is 0.250 e. The Morgan fingerprint density at radius 1 is 1.26 bits per heavy atom. The van der Waals surface area contributed by atoms with Gasteiger partial charge in [0, 0.05) is 36.8 Å². The first-order valence-corrected chi connectivity index (χ1v) is 13.3. The van der Waals surface area contributed by atoms with Gasteiger partial charge in [0.05, 0.1) is 17.9 Å². The van der Waals surface area contributed by atoms with E-state index in [1.807, 2.05) is 24.3 Å². The van der Waals surface area contributed by atoms with Crippen molar-refractivity contribution < 1.29 is 19.4 Å². The Kier molecular flexibility index (Phi) is 8.92. The van der Waals surface area contributed by atoms with Crippen molar-refractivity contribution in [2.45, 2.75) is 45.1 Å². The third-order valence-corrected chi connectivity index (χ3v) is 7.03. The minimum Gasteiger partial charge on any atom is -0.489 e. The quantitative estimate of drug-likeness (QED) is 0.313. The number of nitrogens with two attached hydrogens (primary N) is 1. The SMILES string of the molecule is CC(Cc1cc2c(c(C(N)=O)c1)N(CCCO)CC2)NCCOc1ccc(Br)cc1OCC1CC1. The lowest BCUT2D eigenvalue weighted by Gasteiger charge is -2.22. The Morgan fingerprint density at radius 3 is 2.83 bits per heavy atom. The number of carbonyl (C=O) groups is 1. The van der Waals surface area contributed by atoms with E-state index in [1.54, 1.807) is 0 Å². The number of primary amides is 1. The van der Waals surface area contributed by atoms with E-state index >= 15 is 0 Å². The maximum Gasteiger partial charge on any atom is 0.250 e. The maximum absolute atomic E-state index is 12.2. The summed E-state index contributed by atoms with van der Waals surface area (Å²) >= 11 is 3.51. The van der Waals surface area contributed by atoms with Crippen LogP contribution in [-0.2, 0) is 12.8 Å². The average molecular weight is 547 g/mol. The molecular weight excluding hydrogens is 510 g/mol. The summed E-state index contributed by atoms with van der Waals surface area (Å²) in [6.45, 7) is 5.83. The normalized spacial score (nSPS) is 15.7. The Hall–Kier alpha value is -2.29. The summed E-state index contributed by atoms with van der Waals surface area (Å²) in [4.78, 5) is 14.4. The fraction of sp³-hybridized carbons (Fsp3) is 0.519. The molecule has 2 aromatic carbocycles. The highest BCUT2D eigenvalue weighted by Gasteiger charge is 2.25. The number of amides is 1. The van der Waals surface area contributed by atoms with Crippen LogP contribution in [0.15, 0.2) is 34.8 Å². The molecule has 1 aliphatic heterocycles. The molecule has 8 heteroatoms. The Bertz CT molecular complexity index is 1030. The molecule has 1 atom stereocenters. The second-order valence-electron chi connectivity index (χ2n) is 9.58. The van der Waals surface area contributed by atoms with Crippen LogP contribution in [0, 0.1) is 5.92 Å². The molecule has 1 unspecified atom stereocenters. The molecule has 4 rings (SSSR count). The molecular formula is C27H36BrN3O4. The first kappa shape index (κ1) is 25.8. The number of aliphatic hydroxyl groups is 1. The van der Waals surface area contributed by atoms with Crippen LogP contribution >= 0.6 is 15.9 Å². The predicted molar refractivity (Wildman–Crippen MR) is 142 cm³/mol. The van der Waals surface area contributed by atoms with Crippen molar-refractivity contribution in [2.24, 2.45) is 11.7 Å². The number of nitrogens with zero attached hydrogens (tertiary/aromatic N) is 1. The zero-order valence-electron chi connectivity index (χ0n) is 20.4. The molecule has 7 nitrogen and oxygen atoms in total. The zero-order chi connectivity index (χ0) is 24.8. The summed E-state index contributed by atoms with van der Waals surface area (Å²) in [5.74, 6) is 1.83. The number of carbonyl (C=O) groups excluding carboxylic acids is 1. The zero-order valence-corrected chi connectivity index (χ0v) is 22.0. The number of hydrogen-bond donors (Lipinski definition) is 3. The van der Waals surface area contributed by atoms with Crippen LogP contribution in [-0.4, -0.2) is 56.5 Å². The molecule has 0 radical (unpaired) electrons. The van der Waals surface area contributed by atoms with Crippen LogP contribution in [0.3, 0.4) is 0 Å². The topological polar surface area (TPSA) is 97.1 Å². The molecule has 1 amide bonds. The third-order valence-electron chi connectivity index (χ3n) is 6.54. The largest absolute Gasteiger partial charge is 0.489 e. The third kappa shape index (κ3) is 7.12. The van der Waals surface area contributed by atoms with Gasteiger partial charge < -0.3 is 30.5 Å². The van der Waals surface area contributed by atoms with Crippen molar-refractivity contribution in [3.8, 4) is 11.5 Å². The second kappa shape index (κ2) is 12.1. The van der Waals surface area contributed by atoms with Crippen molar-refractivity contribution in [3.63, 3.8) is 0 Å². The highest BCUT2D eigenvalue weighted by molar-refractivity contribution is 9.10. The number of benzene rings is 2. The average Bonchev–Trinajstić information content (AvgIpc) is 3.58. The molecule has 0 saturated heterocycles. The van der Waals surface area contributed by atoms with Crippen molar-refractivity contribution in [2.75, 3.05) is 44.4 Å². The first-order valence-electron chi connectivity index (χ1n) is 12.5. The maximum atomic E-state index is 12.2. The number of hydrogen-bond acceptors (Lipinski definition) is 6. The Morgan fingerprint density at radius 2 is 2.09 bits per heavy atom. The van der Waals surface area contributed by atoms with E-state index in [0.29, 0.717) is 31.1 Å². The van der Waals surface area contributed by atoms with Crippen LogP contribution in [0.1, 0.15) is 47.7 Å². The minimum absolute atomic E-state index is 0.138. The molecule has 0 spiro atoms. The lowest BCUT2D eigenvalue weighted by atomic mass is 9.98. The van der Waals surface area contributed by atoms with Crippen molar-refractivity contribution in [1.29, 1.82) is 0 Å². The fourth-order valence-corrected chi connectivity index (χ4v) is 4.92. The van der Waals surface area contributed by atoms with Crippen LogP contribution in [0.25, 0.3) is 0 Å². The van der Waals surface area contributed by atoms with Crippen molar-refractivity contribution >= 4 is 27.5 Å². The lowest BCUT2D eigenvalue weighted by molar-refractivity contribution is 0.100. The van der Waals surface area contributed by atoms with Crippen molar-refractivity contribution in [1.82, 2.24) is 5.32 Å². The van der Waals surface area contributed by atoms with Gasteiger partial charge in [-0.3, -0.25) is 4.79 Å². The van der Waals surface area contributed by atoms with Crippen LogP contribution in [0.5, 0.6) is 11.5 Å². The summed E-state index contributed by atoms with van der Waals surface area (Å²) < 4.78 is 12.9. The van der Waals surface area contributed by atoms with E-state index in [1.165, 1.54) is 18.4 Å². The van der Waals surface area contributed by atoms with E-state index < -0.39 is 5.91 Å². The van der Waals surface area contributed by atoms with Gasteiger partial charge in [-0.15, -0.1) is 0 Å². The highest BCUT2D eigenvalue weighted by atomic mass is 79.9. The molecule has 2 aromatic rings. The molecule has 4 N–H and O–H groups in total. The number of aliphatic hydroxyl groups excluding tert-OH is 1. The van der Waals surface area contributed by atoms with Crippen LogP contribution in [0.2, 0.25) is 0 Å². The number of anilines is 1. The first-order chi connectivity index (χ1) is 16.9. The number of halogens is 1. The van der Waals surface area contributed by atoms with E-state index in [-0.39, 0.29) is 12.6 Å². The fourth-order valence-electron chi connectivity index (χ4n) is 4.58. The summed E-state index contributed by atoms with van der Waals surface area (Å²) in [6.07, 6.45) is 4.86. The van der Waals surface area contributed by atoms with Crippen LogP contribution in [0.4, 0.5) is 5.69 Å². The van der Waals surface area contributed by atoms with Gasteiger partial charge in [-0.2, -0.15) is 0 Å². The second-order valence-corrected chi connectivity index (χ2v) is 10.5. The Balaban J connectivity index is 1.29. The number of fused-ring (bicyclic) bond motifs is 1. The van der Waals surface area contributed by atoms with Gasteiger partial charge in [0.2, 0.25) is 0 Å². The van der Waals surface area contributed by atoms with E-state index in [0.717, 1.165) is 59.8 Å². The number of nitrogens with one attached hydrogen (secondary N) is 1.